The fraction of sp³-hybridized carbons (Fsp3) is 1.00. The fourth-order valence-electron chi connectivity index (χ4n) is 0.894. The Morgan fingerprint density at radius 2 is 2.08 bits per heavy atom. The van der Waals surface area contributed by atoms with Gasteiger partial charge in [-0.3, -0.25) is 0 Å². The number of hydrogen-bond donors (Lipinski definition) is 1. The van der Waals surface area contributed by atoms with Crippen LogP contribution >= 0.6 is 0 Å². The Bertz CT molecular complexity index is 88.6. The van der Waals surface area contributed by atoms with E-state index >= 15 is 0 Å². The second-order valence-corrected chi connectivity index (χ2v) is 2.84. The van der Waals surface area contributed by atoms with Crippen molar-refractivity contribution in [2.75, 3.05) is 33.4 Å². The minimum Gasteiger partial charge on any atom is -0.385 e. The van der Waals surface area contributed by atoms with Gasteiger partial charge in [-0.15, -0.1) is 0 Å². The molecule has 0 rings (SSSR count). The predicted molar refractivity (Wildman–Crippen MR) is 50.5 cm³/mol. The minimum atomic E-state index is 0.307. The molecule has 0 amide bonds. The van der Waals surface area contributed by atoms with Gasteiger partial charge in [0.2, 0.25) is 0 Å². The summed E-state index contributed by atoms with van der Waals surface area (Å²) in [5.41, 5.74) is 0. The van der Waals surface area contributed by atoms with Crippen molar-refractivity contribution < 1.29 is 9.47 Å². The van der Waals surface area contributed by atoms with Crippen LogP contribution in [0.1, 0.15) is 20.3 Å². The molecule has 74 valence electrons. The van der Waals surface area contributed by atoms with Crippen LogP contribution in [0, 0.1) is 0 Å². The molecular weight excluding hydrogens is 154 g/mol. The van der Waals surface area contributed by atoms with Crippen LogP contribution < -0.4 is 5.32 Å². The molecule has 0 aliphatic carbocycles. The first-order chi connectivity index (χ1) is 5.81. The zero-order chi connectivity index (χ0) is 9.23. The summed E-state index contributed by atoms with van der Waals surface area (Å²) in [4.78, 5) is 0. The van der Waals surface area contributed by atoms with Gasteiger partial charge in [0.15, 0.2) is 0 Å². The summed E-state index contributed by atoms with van der Waals surface area (Å²) in [7, 11) is 1.71. The van der Waals surface area contributed by atoms with Crippen molar-refractivity contribution in [2.24, 2.45) is 0 Å². The maximum absolute atomic E-state index is 5.50. The Morgan fingerprint density at radius 1 is 1.33 bits per heavy atom. The number of likely N-dealkylation sites (N-methyl/N-ethyl adjacent to an activating group) is 1. The lowest BCUT2D eigenvalue weighted by atomic mass is 10.4. The van der Waals surface area contributed by atoms with Gasteiger partial charge < -0.3 is 14.8 Å². The molecule has 0 aromatic heterocycles. The molecule has 0 spiro atoms. The van der Waals surface area contributed by atoms with E-state index in [-0.39, 0.29) is 0 Å². The molecule has 0 radical (unpaired) electrons. The number of rotatable bonds is 8. The predicted octanol–water partition coefficient (Wildman–Crippen LogP) is 1.04. The van der Waals surface area contributed by atoms with E-state index in [0.29, 0.717) is 6.10 Å². The highest BCUT2D eigenvalue weighted by Gasteiger charge is 1.99. The van der Waals surface area contributed by atoms with Gasteiger partial charge in [0.05, 0.1) is 6.10 Å². The van der Waals surface area contributed by atoms with Gasteiger partial charge in [0.25, 0.3) is 0 Å². The summed E-state index contributed by atoms with van der Waals surface area (Å²) in [6, 6.07) is 0. The number of hydrogen-bond acceptors (Lipinski definition) is 3. The van der Waals surface area contributed by atoms with Crippen LogP contribution in [-0.4, -0.2) is 39.5 Å². The fourth-order valence-corrected chi connectivity index (χ4v) is 0.894. The van der Waals surface area contributed by atoms with Gasteiger partial charge >= 0.3 is 0 Å². The summed E-state index contributed by atoms with van der Waals surface area (Å²) in [6.45, 7) is 7.69. The SMILES string of the molecule is CCNCC(C)OCCCOC. The average Bonchev–Trinajstić information content (AvgIpc) is 2.09. The number of nitrogens with one attached hydrogen (secondary N) is 1. The van der Waals surface area contributed by atoms with Gasteiger partial charge in [-0.1, -0.05) is 6.92 Å². The van der Waals surface area contributed by atoms with Gasteiger partial charge in [0.1, 0.15) is 0 Å². The summed E-state index contributed by atoms with van der Waals surface area (Å²) in [5, 5.41) is 3.23. The smallest absolute Gasteiger partial charge is 0.0671 e. The third kappa shape index (κ3) is 7.98. The second-order valence-electron chi connectivity index (χ2n) is 2.84. The molecular formula is C9H21NO2. The van der Waals surface area contributed by atoms with Gasteiger partial charge in [-0.25, -0.2) is 0 Å². The molecule has 0 aromatic carbocycles. The van der Waals surface area contributed by atoms with Gasteiger partial charge in [-0.2, -0.15) is 0 Å². The molecule has 12 heavy (non-hydrogen) atoms. The zero-order valence-electron chi connectivity index (χ0n) is 8.43. The number of ether oxygens (including phenoxy) is 2. The van der Waals surface area contributed by atoms with Crippen LogP contribution in [0.3, 0.4) is 0 Å². The van der Waals surface area contributed by atoms with Crippen LogP contribution in [0.25, 0.3) is 0 Å². The van der Waals surface area contributed by atoms with Crippen LogP contribution in [0.2, 0.25) is 0 Å². The summed E-state index contributed by atoms with van der Waals surface area (Å²) < 4.78 is 10.4. The molecule has 0 saturated carbocycles. The average molecular weight is 175 g/mol. The summed E-state index contributed by atoms with van der Waals surface area (Å²) >= 11 is 0. The van der Waals surface area contributed by atoms with E-state index in [1.165, 1.54) is 0 Å². The molecule has 0 heterocycles. The third-order valence-corrected chi connectivity index (χ3v) is 1.58. The molecule has 0 aliphatic rings. The third-order valence-electron chi connectivity index (χ3n) is 1.58. The van der Waals surface area contributed by atoms with Gasteiger partial charge in [0, 0.05) is 26.9 Å². The molecule has 0 saturated heterocycles. The number of methoxy groups -OCH3 is 1. The lowest BCUT2D eigenvalue weighted by Crippen LogP contribution is -2.27. The van der Waals surface area contributed by atoms with E-state index in [9.17, 15) is 0 Å². The van der Waals surface area contributed by atoms with E-state index in [0.717, 1.165) is 32.7 Å². The normalized spacial score (nSPS) is 13.2. The monoisotopic (exact) mass is 175 g/mol. The standard InChI is InChI=1S/C9H21NO2/c1-4-10-8-9(2)12-7-5-6-11-3/h9-10H,4-8H2,1-3H3. The first-order valence-corrected chi connectivity index (χ1v) is 4.62. The van der Waals surface area contributed by atoms with Crippen molar-refractivity contribution in [1.82, 2.24) is 5.32 Å². The van der Waals surface area contributed by atoms with Crippen LogP contribution in [0.5, 0.6) is 0 Å². The molecule has 1 unspecified atom stereocenters. The van der Waals surface area contributed by atoms with Crippen molar-refractivity contribution in [3.8, 4) is 0 Å². The Balaban J connectivity index is 3.02. The maximum Gasteiger partial charge on any atom is 0.0671 e. The second kappa shape index (κ2) is 8.97. The minimum absolute atomic E-state index is 0.307. The highest BCUT2D eigenvalue weighted by molar-refractivity contribution is 4.53. The molecule has 1 N–H and O–H groups in total. The molecule has 0 bridgehead atoms. The highest BCUT2D eigenvalue weighted by atomic mass is 16.5. The summed E-state index contributed by atoms with van der Waals surface area (Å²) in [5.74, 6) is 0. The van der Waals surface area contributed by atoms with Gasteiger partial charge in [-0.05, 0) is 19.9 Å². The first kappa shape index (κ1) is 11.9. The quantitative estimate of drug-likeness (QED) is 0.559. The van der Waals surface area contributed by atoms with E-state index in [1.54, 1.807) is 7.11 Å². The van der Waals surface area contributed by atoms with E-state index < -0.39 is 0 Å². The van der Waals surface area contributed by atoms with Crippen LogP contribution in [0.4, 0.5) is 0 Å². The van der Waals surface area contributed by atoms with Crippen molar-refractivity contribution in [3.63, 3.8) is 0 Å². The molecule has 0 fully saturated rings. The molecule has 3 nitrogen and oxygen atoms in total. The molecule has 0 aliphatic heterocycles. The maximum atomic E-state index is 5.50. The van der Waals surface area contributed by atoms with E-state index in [2.05, 4.69) is 19.2 Å². The topological polar surface area (TPSA) is 30.5 Å². The lowest BCUT2D eigenvalue weighted by Gasteiger charge is -2.12. The zero-order valence-corrected chi connectivity index (χ0v) is 8.43. The Kier molecular flexibility index (Phi) is 8.88. The summed E-state index contributed by atoms with van der Waals surface area (Å²) in [6.07, 6.45) is 1.29. The largest absolute Gasteiger partial charge is 0.385 e. The molecule has 1 atom stereocenters. The van der Waals surface area contributed by atoms with Crippen LogP contribution in [-0.2, 0) is 9.47 Å². The molecule has 0 aromatic rings. The Morgan fingerprint density at radius 3 is 2.67 bits per heavy atom. The lowest BCUT2D eigenvalue weighted by molar-refractivity contribution is 0.0508. The highest BCUT2D eigenvalue weighted by Crippen LogP contribution is 1.91. The van der Waals surface area contributed by atoms with Crippen molar-refractivity contribution in [3.05, 3.63) is 0 Å². The first-order valence-electron chi connectivity index (χ1n) is 4.62. The van der Waals surface area contributed by atoms with Crippen molar-refractivity contribution >= 4 is 0 Å². The Labute approximate surface area is 75.4 Å². The van der Waals surface area contributed by atoms with E-state index in [4.69, 9.17) is 9.47 Å². The van der Waals surface area contributed by atoms with Crippen molar-refractivity contribution in [1.29, 1.82) is 0 Å². The van der Waals surface area contributed by atoms with Crippen LogP contribution in [0.15, 0.2) is 0 Å². The molecule has 3 heteroatoms. The Hall–Kier alpha value is -0.120. The van der Waals surface area contributed by atoms with Crippen molar-refractivity contribution in [2.45, 2.75) is 26.4 Å². The van der Waals surface area contributed by atoms with E-state index in [1.807, 2.05) is 0 Å².